The molecule has 8 nitrogen and oxygen atoms in total. The van der Waals surface area contributed by atoms with E-state index in [1.165, 1.54) is 16.8 Å². The Hall–Kier alpha value is -2.61. The zero-order valence-corrected chi connectivity index (χ0v) is 11.0. The number of aryl methyl sites for hydroxylation is 2. The number of aldehydes is 1. The molecule has 2 aromatic heterocycles. The summed E-state index contributed by atoms with van der Waals surface area (Å²) in [5.74, 6) is 0. The predicted octanol–water partition coefficient (Wildman–Crippen LogP) is 1.19. The molecule has 1 unspecified atom stereocenters. The highest BCUT2D eigenvalue weighted by atomic mass is 16.6. The number of hydrogen-bond donors (Lipinski definition) is 2. The highest BCUT2D eigenvalue weighted by Crippen LogP contribution is 2.23. The molecule has 0 amide bonds. The standard InChI is InChI=1S/C12H14N4O4/c1-14-5-8(3-10(14)7-17)13-12(18)11-4-9(16(19)20)6-15(11)2/h3-7,12-13,18H,1-2H3. The third-order valence-electron chi connectivity index (χ3n) is 2.99. The van der Waals surface area contributed by atoms with Gasteiger partial charge in [-0.3, -0.25) is 14.9 Å². The Labute approximate surface area is 114 Å². The van der Waals surface area contributed by atoms with E-state index in [1.54, 1.807) is 30.9 Å². The molecule has 2 N–H and O–H groups in total. The van der Waals surface area contributed by atoms with E-state index < -0.39 is 11.2 Å². The van der Waals surface area contributed by atoms with E-state index in [-0.39, 0.29) is 5.69 Å². The fraction of sp³-hybridized carbons (Fsp3) is 0.250. The van der Waals surface area contributed by atoms with Crippen molar-refractivity contribution < 1.29 is 14.8 Å². The number of aliphatic hydroxyl groups excluding tert-OH is 1. The molecule has 0 aliphatic heterocycles. The van der Waals surface area contributed by atoms with Crippen molar-refractivity contribution in [2.75, 3.05) is 5.32 Å². The molecule has 8 heteroatoms. The number of aliphatic hydroxyl groups is 1. The summed E-state index contributed by atoms with van der Waals surface area (Å²) >= 11 is 0. The van der Waals surface area contributed by atoms with Gasteiger partial charge >= 0.3 is 0 Å². The SMILES string of the molecule is Cn1cc(NC(O)c2cc([N+](=O)[O-])cn2C)cc1C=O. The molecule has 0 aliphatic carbocycles. The van der Waals surface area contributed by atoms with Crippen molar-refractivity contribution >= 4 is 17.7 Å². The highest BCUT2D eigenvalue weighted by Gasteiger charge is 2.18. The van der Waals surface area contributed by atoms with Crippen molar-refractivity contribution in [1.82, 2.24) is 9.13 Å². The van der Waals surface area contributed by atoms with Crippen molar-refractivity contribution in [3.8, 4) is 0 Å². The molecule has 0 saturated carbocycles. The van der Waals surface area contributed by atoms with Crippen LogP contribution in [0, 0.1) is 10.1 Å². The summed E-state index contributed by atoms with van der Waals surface area (Å²) in [5.41, 5.74) is 1.27. The second-order valence-corrected chi connectivity index (χ2v) is 4.42. The van der Waals surface area contributed by atoms with Crippen molar-refractivity contribution in [2.45, 2.75) is 6.23 Å². The smallest absolute Gasteiger partial charge is 0.287 e. The van der Waals surface area contributed by atoms with E-state index in [4.69, 9.17) is 0 Å². The van der Waals surface area contributed by atoms with Crippen molar-refractivity contribution in [3.63, 3.8) is 0 Å². The lowest BCUT2D eigenvalue weighted by Gasteiger charge is -2.13. The van der Waals surface area contributed by atoms with Crippen LogP contribution in [-0.2, 0) is 14.1 Å². The second-order valence-electron chi connectivity index (χ2n) is 4.42. The van der Waals surface area contributed by atoms with Crippen LogP contribution in [0.4, 0.5) is 11.4 Å². The lowest BCUT2D eigenvalue weighted by atomic mass is 10.3. The number of nitrogens with one attached hydrogen (secondary N) is 1. The summed E-state index contributed by atoms with van der Waals surface area (Å²) in [6, 6.07) is 2.87. The van der Waals surface area contributed by atoms with Crippen LogP contribution < -0.4 is 5.32 Å². The molecular formula is C12H14N4O4. The van der Waals surface area contributed by atoms with Crippen LogP contribution in [0.5, 0.6) is 0 Å². The van der Waals surface area contributed by atoms with Gasteiger partial charge in [-0.05, 0) is 6.07 Å². The Morgan fingerprint density at radius 1 is 1.35 bits per heavy atom. The Kier molecular flexibility index (Phi) is 3.57. The maximum Gasteiger partial charge on any atom is 0.287 e. The molecule has 0 bridgehead atoms. The lowest BCUT2D eigenvalue weighted by Crippen LogP contribution is -2.12. The summed E-state index contributed by atoms with van der Waals surface area (Å²) in [4.78, 5) is 20.9. The first-order valence-corrected chi connectivity index (χ1v) is 5.79. The van der Waals surface area contributed by atoms with E-state index in [0.717, 1.165) is 0 Å². The number of nitro groups is 1. The van der Waals surface area contributed by atoms with Gasteiger partial charge in [-0.1, -0.05) is 0 Å². The third-order valence-corrected chi connectivity index (χ3v) is 2.99. The van der Waals surface area contributed by atoms with Crippen LogP contribution >= 0.6 is 0 Å². The summed E-state index contributed by atoms with van der Waals surface area (Å²) in [6.45, 7) is 0. The Balaban J connectivity index is 2.20. The molecule has 2 rings (SSSR count). The topological polar surface area (TPSA) is 102 Å². The number of hydrogen-bond acceptors (Lipinski definition) is 5. The van der Waals surface area contributed by atoms with E-state index in [2.05, 4.69) is 5.32 Å². The van der Waals surface area contributed by atoms with E-state index in [9.17, 15) is 20.0 Å². The molecule has 0 aromatic carbocycles. The normalized spacial score (nSPS) is 12.2. The zero-order valence-electron chi connectivity index (χ0n) is 11.0. The monoisotopic (exact) mass is 278 g/mol. The summed E-state index contributed by atoms with van der Waals surface area (Å²) in [7, 11) is 3.31. The largest absolute Gasteiger partial charge is 0.368 e. The van der Waals surface area contributed by atoms with Crippen LogP contribution in [0.3, 0.4) is 0 Å². The molecule has 0 saturated heterocycles. The van der Waals surface area contributed by atoms with E-state index in [1.807, 2.05) is 0 Å². The maximum atomic E-state index is 10.7. The van der Waals surface area contributed by atoms with Crippen molar-refractivity contribution in [1.29, 1.82) is 0 Å². The summed E-state index contributed by atoms with van der Waals surface area (Å²) < 4.78 is 3.08. The average molecular weight is 278 g/mol. The van der Waals surface area contributed by atoms with E-state index in [0.29, 0.717) is 23.4 Å². The van der Waals surface area contributed by atoms with Crippen LogP contribution in [-0.4, -0.2) is 25.5 Å². The molecular weight excluding hydrogens is 264 g/mol. The lowest BCUT2D eigenvalue weighted by molar-refractivity contribution is -0.384. The Morgan fingerprint density at radius 2 is 2.05 bits per heavy atom. The summed E-state index contributed by atoms with van der Waals surface area (Å²) in [5, 5.41) is 23.5. The van der Waals surface area contributed by atoms with Crippen LogP contribution in [0.1, 0.15) is 22.4 Å². The van der Waals surface area contributed by atoms with Gasteiger partial charge in [0, 0.05) is 26.4 Å². The third kappa shape index (κ3) is 2.54. The first-order valence-electron chi connectivity index (χ1n) is 5.79. The number of rotatable bonds is 5. The molecule has 0 aliphatic rings. The van der Waals surface area contributed by atoms with Gasteiger partial charge in [0.15, 0.2) is 12.5 Å². The van der Waals surface area contributed by atoms with E-state index >= 15 is 0 Å². The predicted molar refractivity (Wildman–Crippen MR) is 71.5 cm³/mol. The number of carbonyl (C=O) groups excluding carboxylic acids is 1. The number of carbonyl (C=O) groups is 1. The van der Waals surface area contributed by atoms with Gasteiger partial charge in [0.1, 0.15) is 0 Å². The highest BCUT2D eigenvalue weighted by molar-refractivity contribution is 5.75. The molecule has 106 valence electrons. The molecule has 0 radical (unpaired) electrons. The van der Waals surface area contributed by atoms with Gasteiger partial charge in [0.05, 0.1) is 28.2 Å². The maximum absolute atomic E-state index is 10.7. The molecule has 2 heterocycles. The van der Waals surface area contributed by atoms with Gasteiger partial charge in [-0.2, -0.15) is 0 Å². The van der Waals surface area contributed by atoms with Crippen molar-refractivity contribution in [3.05, 3.63) is 46.0 Å². The number of anilines is 1. The minimum atomic E-state index is -1.12. The quantitative estimate of drug-likeness (QED) is 0.370. The zero-order chi connectivity index (χ0) is 14.9. The van der Waals surface area contributed by atoms with Crippen molar-refractivity contribution in [2.24, 2.45) is 14.1 Å². The average Bonchev–Trinajstić information content (AvgIpc) is 2.92. The molecule has 0 fully saturated rings. The Morgan fingerprint density at radius 3 is 2.55 bits per heavy atom. The first kappa shape index (κ1) is 13.8. The van der Waals surface area contributed by atoms with Gasteiger partial charge in [-0.25, -0.2) is 0 Å². The Bertz CT molecular complexity index is 658. The molecule has 0 spiro atoms. The van der Waals surface area contributed by atoms with Crippen LogP contribution in [0.15, 0.2) is 24.5 Å². The van der Waals surface area contributed by atoms with Gasteiger partial charge in [-0.15, -0.1) is 0 Å². The van der Waals surface area contributed by atoms with Gasteiger partial charge < -0.3 is 19.6 Å². The fourth-order valence-electron chi connectivity index (χ4n) is 1.94. The van der Waals surface area contributed by atoms with Crippen LogP contribution in [0.2, 0.25) is 0 Å². The molecule has 1 atom stereocenters. The van der Waals surface area contributed by atoms with Gasteiger partial charge in [0.25, 0.3) is 5.69 Å². The van der Waals surface area contributed by atoms with Gasteiger partial charge in [0.2, 0.25) is 0 Å². The number of nitrogens with zero attached hydrogens (tertiary/aromatic N) is 3. The second kappa shape index (κ2) is 5.17. The molecule has 20 heavy (non-hydrogen) atoms. The first-order chi connectivity index (χ1) is 9.42. The molecule has 2 aromatic rings. The number of aromatic nitrogens is 2. The minimum Gasteiger partial charge on any atom is -0.368 e. The minimum absolute atomic E-state index is 0.0926. The summed E-state index contributed by atoms with van der Waals surface area (Å²) in [6.07, 6.45) is 2.55. The van der Waals surface area contributed by atoms with Crippen LogP contribution in [0.25, 0.3) is 0 Å². The fourth-order valence-corrected chi connectivity index (χ4v) is 1.94.